The molecular weight excluding hydrogens is 234 g/mol. The molecule has 0 aromatic heterocycles. The highest BCUT2D eigenvalue weighted by Crippen LogP contribution is 2.05. The van der Waals surface area contributed by atoms with Crippen LogP contribution in [0, 0.1) is 0 Å². The molecule has 94 valence electrons. The fourth-order valence-corrected chi connectivity index (χ4v) is 3.00. The van der Waals surface area contributed by atoms with E-state index in [1.165, 1.54) is 4.31 Å². The number of piperazine rings is 1. The number of hydrogen-bond acceptors (Lipinski definition) is 5. The molecule has 1 fully saturated rings. The number of carboxylic acid groups (broad SMARTS) is 1. The Morgan fingerprint density at radius 2 is 2.00 bits per heavy atom. The summed E-state index contributed by atoms with van der Waals surface area (Å²) >= 11 is 0. The van der Waals surface area contributed by atoms with Crippen LogP contribution >= 0.6 is 0 Å². The SMILES string of the molecule is NC(CCS(=O)(=O)N1CCNCC1)C(=O)O. The summed E-state index contributed by atoms with van der Waals surface area (Å²) < 4.78 is 24.9. The molecule has 1 aliphatic heterocycles. The molecule has 1 heterocycles. The third-order valence-corrected chi connectivity index (χ3v) is 4.38. The molecule has 0 saturated carbocycles. The van der Waals surface area contributed by atoms with Gasteiger partial charge in [-0.25, -0.2) is 8.42 Å². The third kappa shape index (κ3) is 3.71. The van der Waals surface area contributed by atoms with E-state index >= 15 is 0 Å². The lowest BCUT2D eigenvalue weighted by Crippen LogP contribution is -2.47. The lowest BCUT2D eigenvalue weighted by Gasteiger charge is -2.26. The molecule has 7 nitrogen and oxygen atoms in total. The Balaban J connectivity index is 2.47. The van der Waals surface area contributed by atoms with Crippen LogP contribution in [0.5, 0.6) is 0 Å². The molecule has 16 heavy (non-hydrogen) atoms. The van der Waals surface area contributed by atoms with Gasteiger partial charge in [-0.1, -0.05) is 0 Å². The van der Waals surface area contributed by atoms with Crippen molar-refractivity contribution in [2.75, 3.05) is 31.9 Å². The van der Waals surface area contributed by atoms with Crippen LogP contribution in [-0.4, -0.2) is 61.8 Å². The summed E-state index contributed by atoms with van der Waals surface area (Å²) in [5.41, 5.74) is 5.26. The molecule has 0 amide bonds. The van der Waals surface area contributed by atoms with Crippen LogP contribution in [0.1, 0.15) is 6.42 Å². The van der Waals surface area contributed by atoms with Crippen molar-refractivity contribution in [2.24, 2.45) is 5.73 Å². The Hall–Kier alpha value is -0.700. The molecule has 0 radical (unpaired) electrons. The summed E-state index contributed by atoms with van der Waals surface area (Å²) in [6.45, 7) is 2.13. The topological polar surface area (TPSA) is 113 Å². The van der Waals surface area contributed by atoms with E-state index in [9.17, 15) is 13.2 Å². The molecule has 0 aromatic carbocycles. The average Bonchev–Trinajstić information content (AvgIpc) is 2.27. The van der Waals surface area contributed by atoms with Gasteiger partial charge in [-0.2, -0.15) is 4.31 Å². The minimum Gasteiger partial charge on any atom is -0.480 e. The Morgan fingerprint density at radius 1 is 1.44 bits per heavy atom. The van der Waals surface area contributed by atoms with Gasteiger partial charge in [0.15, 0.2) is 0 Å². The quantitative estimate of drug-likeness (QED) is 0.522. The maximum absolute atomic E-state index is 11.8. The monoisotopic (exact) mass is 251 g/mol. The molecule has 1 saturated heterocycles. The van der Waals surface area contributed by atoms with Crippen LogP contribution in [-0.2, 0) is 14.8 Å². The van der Waals surface area contributed by atoms with Crippen molar-refractivity contribution in [1.29, 1.82) is 0 Å². The van der Waals surface area contributed by atoms with Crippen molar-refractivity contribution in [1.82, 2.24) is 9.62 Å². The third-order valence-electron chi connectivity index (χ3n) is 2.47. The predicted octanol–water partition coefficient (Wildman–Crippen LogP) is -1.98. The average molecular weight is 251 g/mol. The summed E-state index contributed by atoms with van der Waals surface area (Å²) in [4.78, 5) is 10.4. The number of nitrogens with one attached hydrogen (secondary N) is 1. The number of aliphatic carboxylic acids is 1. The first-order valence-electron chi connectivity index (χ1n) is 5.10. The van der Waals surface area contributed by atoms with Gasteiger partial charge < -0.3 is 16.2 Å². The standard InChI is InChI=1S/C8H17N3O4S/c9-7(8(12)13)1-6-16(14,15)11-4-2-10-3-5-11/h7,10H,1-6,9H2,(H,12,13). The molecule has 0 spiro atoms. The van der Waals surface area contributed by atoms with Crippen LogP contribution < -0.4 is 11.1 Å². The maximum atomic E-state index is 11.8. The first kappa shape index (κ1) is 13.4. The minimum atomic E-state index is -3.36. The van der Waals surface area contributed by atoms with E-state index in [1.54, 1.807) is 0 Å². The Kier molecular flexibility index (Phi) is 4.66. The lowest BCUT2D eigenvalue weighted by molar-refractivity contribution is -0.138. The van der Waals surface area contributed by atoms with E-state index in [4.69, 9.17) is 10.8 Å². The summed E-state index contributed by atoms with van der Waals surface area (Å²) in [7, 11) is -3.36. The molecule has 8 heteroatoms. The summed E-state index contributed by atoms with van der Waals surface area (Å²) in [6, 6.07) is -1.11. The highest BCUT2D eigenvalue weighted by molar-refractivity contribution is 7.89. The molecule has 0 aliphatic carbocycles. The molecular formula is C8H17N3O4S. The van der Waals surface area contributed by atoms with Gasteiger partial charge in [0.1, 0.15) is 6.04 Å². The van der Waals surface area contributed by atoms with Crippen LogP contribution in [0.25, 0.3) is 0 Å². The number of nitrogens with zero attached hydrogens (tertiary/aromatic N) is 1. The van der Waals surface area contributed by atoms with Gasteiger partial charge in [0.2, 0.25) is 10.0 Å². The van der Waals surface area contributed by atoms with Crippen molar-refractivity contribution in [3.8, 4) is 0 Å². The van der Waals surface area contributed by atoms with Crippen molar-refractivity contribution < 1.29 is 18.3 Å². The zero-order valence-electron chi connectivity index (χ0n) is 8.92. The molecule has 0 bridgehead atoms. The zero-order chi connectivity index (χ0) is 12.2. The van der Waals surface area contributed by atoms with Crippen molar-refractivity contribution in [3.63, 3.8) is 0 Å². The van der Waals surface area contributed by atoms with E-state index in [0.717, 1.165) is 0 Å². The number of nitrogens with two attached hydrogens (primary N) is 1. The smallest absolute Gasteiger partial charge is 0.320 e. The van der Waals surface area contributed by atoms with E-state index in [2.05, 4.69) is 5.32 Å². The fourth-order valence-electron chi connectivity index (χ4n) is 1.45. The van der Waals surface area contributed by atoms with Crippen LogP contribution in [0.3, 0.4) is 0 Å². The second-order valence-corrected chi connectivity index (χ2v) is 5.79. The zero-order valence-corrected chi connectivity index (χ0v) is 9.74. The fraction of sp³-hybridized carbons (Fsp3) is 0.875. The number of sulfonamides is 1. The Labute approximate surface area is 94.7 Å². The Morgan fingerprint density at radius 3 is 2.50 bits per heavy atom. The normalized spacial score (nSPS) is 20.6. The second-order valence-electron chi connectivity index (χ2n) is 3.70. The van der Waals surface area contributed by atoms with Crippen molar-refractivity contribution in [3.05, 3.63) is 0 Å². The molecule has 1 rings (SSSR count). The van der Waals surface area contributed by atoms with Crippen molar-refractivity contribution in [2.45, 2.75) is 12.5 Å². The minimum absolute atomic E-state index is 0.0540. The molecule has 4 N–H and O–H groups in total. The van der Waals surface area contributed by atoms with E-state index in [0.29, 0.717) is 26.2 Å². The molecule has 1 atom stereocenters. The summed E-state index contributed by atoms with van der Waals surface area (Å²) in [6.07, 6.45) is -0.0540. The van der Waals surface area contributed by atoms with Crippen LogP contribution in [0.4, 0.5) is 0 Å². The number of carbonyl (C=O) groups is 1. The first-order chi connectivity index (χ1) is 7.43. The second kappa shape index (κ2) is 5.58. The molecule has 1 aliphatic rings. The highest BCUT2D eigenvalue weighted by Gasteiger charge is 2.25. The van der Waals surface area contributed by atoms with E-state index in [-0.39, 0.29) is 12.2 Å². The predicted molar refractivity (Wildman–Crippen MR) is 58.5 cm³/mol. The van der Waals surface area contributed by atoms with Crippen LogP contribution in [0.15, 0.2) is 0 Å². The van der Waals surface area contributed by atoms with Gasteiger partial charge >= 0.3 is 5.97 Å². The number of hydrogen-bond donors (Lipinski definition) is 3. The van der Waals surface area contributed by atoms with Gasteiger partial charge in [0, 0.05) is 26.2 Å². The van der Waals surface area contributed by atoms with E-state index in [1.807, 2.05) is 0 Å². The van der Waals surface area contributed by atoms with Crippen molar-refractivity contribution >= 4 is 16.0 Å². The number of rotatable bonds is 5. The van der Waals surface area contributed by atoms with Crippen LogP contribution in [0.2, 0.25) is 0 Å². The van der Waals surface area contributed by atoms with Gasteiger partial charge in [-0.05, 0) is 6.42 Å². The van der Waals surface area contributed by atoms with E-state index < -0.39 is 22.0 Å². The molecule has 1 unspecified atom stereocenters. The lowest BCUT2D eigenvalue weighted by atomic mass is 10.2. The first-order valence-corrected chi connectivity index (χ1v) is 6.71. The van der Waals surface area contributed by atoms with Gasteiger partial charge in [0.25, 0.3) is 0 Å². The summed E-state index contributed by atoms with van der Waals surface area (Å²) in [5, 5.41) is 11.6. The largest absolute Gasteiger partial charge is 0.480 e. The summed E-state index contributed by atoms with van der Waals surface area (Å²) in [5.74, 6) is -1.38. The highest BCUT2D eigenvalue weighted by atomic mass is 32.2. The molecule has 0 aromatic rings. The Bertz CT molecular complexity index is 337. The van der Waals surface area contributed by atoms with Gasteiger partial charge in [-0.15, -0.1) is 0 Å². The van der Waals surface area contributed by atoms with Gasteiger partial charge in [-0.3, -0.25) is 4.79 Å². The van der Waals surface area contributed by atoms with Gasteiger partial charge in [0.05, 0.1) is 5.75 Å². The number of carboxylic acids is 1. The maximum Gasteiger partial charge on any atom is 0.320 e.